The second-order valence-electron chi connectivity index (χ2n) is 2.01. The second-order valence-corrected chi connectivity index (χ2v) is 2.66. The Hall–Kier alpha value is -1.11. The van der Waals surface area contributed by atoms with Gasteiger partial charge in [-0.1, -0.05) is 10.9 Å². The summed E-state index contributed by atoms with van der Waals surface area (Å²) < 4.78 is 22.0. The van der Waals surface area contributed by atoms with Gasteiger partial charge < -0.3 is 18.6 Å². The number of hydrogen-bond acceptors (Lipinski definition) is 5. The zero-order valence-electron chi connectivity index (χ0n) is 6.10. The highest BCUT2D eigenvalue weighted by Crippen LogP contribution is 2.15. The molecule has 0 aliphatic rings. The highest BCUT2D eigenvalue weighted by Gasteiger charge is 1.86. The monoisotopic (exact) mass is 186 g/mol. The van der Waals surface area contributed by atoms with Crippen molar-refractivity contribution in [3.63, 3.8) is 0 Å². The third kappa shape index (κ3) is 2.50. The van der Waals surface area contributed by atoms with Gasteiger partial charge in [-0.15, -0.1) is 0 Å². The van der Waals surface area contributed by atoms with Gasteiger partial charge in [0, 0.05) is 11.4 Å². The smallest absolute Gasteiger partial charge is 0.0486 e. The molecule has 0 atom stereocenters. The molecule has 1 rings (SSSR count). The summed E-state index contributed by atoms with van der Waals surface area (Å²) in [6.45, 7) is 0. The van der Waals surface area contributed by atoms with Crippen LogP contribution in [0.3, 0.4) is 0 Å². The molecule has 0 saturated heterocycles. The first kappa shape index (κ1) is 8.98. The van der Waals surface area contributed by atoms with Crippen LogP contribution in [0.2, 0.25) is 0 Å². The number of nitrogens with one attached hydrogen (secondary N) is 1. The van der Waals surface area contributed by atoms with Crippen LogP contribution in [-0.4, -0.2) is 4.55 Å². The second kappa shape index (κ2) is 4.05. The normalized spacial score (nSPS) is 12.8. The summed E-state index contributed by atoms with van der Waals surface area (Å²) in [4.78, 5) is 0. The van der Waals surface area contributed by atoms with Gasteiger partial charge in [-0.2, -0.15) is 0 Å². The lowest BCUT2D eigenvalue weighted by atomic mass is 10.3. The topological polar surface area (TPSA) is 87.7 Å². The quantitative estimate of drug-likeness (QED) is 0.280. The van der Waals surface area contributed by atoms with Crippen LogP contribution in [0.4, 0.5) is 11.4 Å². The van der Waals surface area contributed by atoms with Crippen LogP contribution in [-0.2, 0) is 15.1 Å². The van der Waals surface area contributed by atoms with Gasteiger partial charge in [0.15, 0.2) is 0 Å². The van der Waals surface area contributed by atoms with Gasteiger partial charge in [-0.3, -0.25) is 5.84 Å². The molecule has 0 unspecified atom stereocenters. The minimum atomic E-state index is -2.15. The Bertz CT molecular complexity index is 329. The molecule has 5 nitrogen and oxygen atoms in total. The molecule has 66 valence electrons. The van der Waals surface area contributed by atoms with Gasteiger partial charge in [0.2, 0.25) is 0 Å². The fourth-order valence-corrected chi connectivity index (χ4v) is 1.01. The fourth-order valence-electron chi connectivity index (χ4n) is 0.709. The minimum Gasteiger partial charge on any atom is -0.454 e. The summed E-state index contributed by atoms with van der Waals surface area (Å²) in [6, 6.07) is 6.49. The molecule has 0 aliphatic carbocycles. The van der Waals surface area contributed by atoms with E-state index in [2.05, 4.69) is 9.79 Å². The Kier molecular flexibility index (Phi) is 3.03. The van der Waals surface area contributed by atoms with Crippen molar-refractivity contribution in [1.29, 1.82) is 0 Å². The van der Waals surface area contributed by atoms with Gasteiger partial charge in [0.05, 0.1) is 0 Å². The van der Waals surface area contributed by atoms with Crippen molar-refractivity contribution >= 4 is 22.3 Å². The summed E-state index contributed by atoms with van der Waals surface area (Å²) in [7, 11) is -2.15. The zero-order chi connectivity index (χ0) is 8.97. The number of hydrazine groups is 1. The molecular weight excluding hydrogens is 178 g/mol. The molecule has 0 amide bonds. The maximum Gasteiger partial charge on any atom is 0.0486 e. The first-order chi connectivity index (χ1) is 5.72. The molecule has 0 fully saturated rings. The van der Waals surface area contributed by atoms with E-state index in [0.717, 1.165) is 5.69 Å². The van der Waals surface area contributed by atoms with E-state index >= 15 is 0 Å². The summed E-state index contributed by atoms with van der Waals surface area (Å²) in [5.74, 6) is 5.11. The van der Waals surface area contributed by atoms with Gasteiger partial charge in [-0.05, 0) is 24.3 Å². The fraction of sp³-hybridized carbons (Fsp3) is 0. The summed E-state index contributed by atoms with van der Waals surface area (Å²) in [5, 5.41) is 0. The van der Waals surface area contributed by atoms with Crippen LogP contribution < -0.4 is 11.3 Å². The maximum absolute atomic E-state index is 10.2. The lowest BCUT2D eigenvalue weighted by Gasteiger charge is -2.00. The molecule has 1 aromatic rings. The Morgan fingerprint density at radius 1 is 1.42 bits per heavy atom. The van der Waals surface area contributed by atoms with Crippen molar-refractivity contribution in [2.24, 2.45) is 10.2 Å². The number of rotatable bonds is 2. The van der Waals surface area contributed by atoms with Crippen LogP contribution in [0.25, 0.3) is 0 Å². The molecule has 6 heteroatoms. The van der Waals surface area contributed by atoms with Gasteiger partial charge >= 0.3 is 0 Å². The molecule has 0 heterocycles. The Morgan fingerprint density at radius 3 is 2.42 bits per heavy atom. The average molecular weight is 186 g/mol. The third-order valence-corrected chi connectivity index (χ3v) is 1.58. The van der Waals surface area contributed by atoms with E-state index in [1.165, 1.54) is 0 Å². The first-order valence-electron chi connectivity index (χ1n) is 3.12. The number of benzene rings is 1. The van der Waals surface area contributed by atoms with Gasteiger partial charge in [0.1, 0.15) is 0 Å². The summed E-state index contributed by atoms with van der Waals surface area (Å²) >= 11 is 0. The molecule has 0 aromatic heterocycles. The van der Waals surface area contributed by atoms with Crippen molar-refractivity contribution in [1.82, 2.24) is 0 Å². The zero-order valence-corrected chi connectivity index (χ0v) is 6.91. The standard InChI is InChI=1S/C6H8N3O2S/c7-8-5-1-3-6(4-2-5)9-12(10)11/h1-4,8H,7H2,(H,9,10,11)/q-1. The lowest BCUT2D eigenvalue weighted by molar-refractivity contribution is 0.529. The number of nitrogens with two attached hydrogens (primary N) is 1. The van der Waals surface area contributed by atoms with E-state index in [0.29, 0.717) is 5.69 Å². The number of anilines is 1. The molecule has 0 aliphatic heterocycles. The highest BCUT2D eigenvalue weighted by atomic mass is 32.2. The van der Waals surface area contributed by atoms with Crippen LogP contribution >= 0.6 is 0 Å². The maximum atomic E-state index is 10.2. The van der Waals surface area contributed by atoms with E-state index in [-0.39, 0.29) is 0 Å². The largest absolute Gasteiger partial charge is 0.454 e. The molecule has 12 heavy (non-hydrogen) atoms. The highest BCUT2D eigenvalue weighted by molar-refractivity contribution is 7.68. The predicted molar refractivity (Wildman–Crippen MR) is 47.0 cm³/mol. The molecule has 0 radical (unpaired) electrons. The lowest BCUT2D eigenvalue weighted by Crippen LogP contribution is -2.05. The van der Waals surface area contributed by atoms with E-state index in [1.54, 1.807) is 24.3 Å². The van der Waals surface area contributed by atoms with Crippen LogP contribution in [0.15, 0.2) is 28.6 Å². The number of nitrogens with zero attached hydrogens (tertiary/aromatic N) is 1. The van der Waals surface area contributed by atoms with Crippen molar-refractivity contribution in [2.75, 3.05) is 5.43 Å². The third-order valence-electron chi connectivity index (χ3n) is 1.22. The molecule has 0 spiro atoms. The number of hydrogen-bond donors (Lipinski definition) is 3. The molecule has 4 N–H and O–H groups in total. The molecule has 0 bridgehead atoms. The Labute approximate surface area is 71.6 Å². The van der Waals surface area contributed by atoms with E-state index < -0.39 is 10.9 Å². The van der Waals surface area contributed by atoms with Crippen LogP contribution in [0.1, 0.15) is 0 Å². The van der Waals surface area contributed by atoms with Crippen LogP contribution in [0, 0.1) is 0 Å². The van der Waals surface area contributed by atoms with E-state index in [9.17, 15) is 4.21 Å². The number of nitrogen functional groups attached to an aromatic ring is 1. The van der Waals surface area contributed by atoms with Crippen molar-refractivity contribution in [2.45, 2.75) is 0 Å². The minimum absolute atomic E-state index is 0.440. The molecular formula is C6H8N3O2S-. The Morgan fingerprint density at radius 2 is 2.00 bits per heavy atom. The van der Waals surface area contributed by atoms with E-state index in [4.69, 9.17) is 10.4 Å². The van der Waals surface area contributed by atoms with Gasteiger partial charge in [0.25, 0.3) is 0 Å². The SMILES string of the molecule is NNc1ccc(N=[S-](=O)O)cc1. The van der Waals surface area contributed by atoms with Gasteiger partial charge in [-0.25, -0.2) is 0 Å². The average Bonchev–Trinajstić information content (AvgIpc) is 2.05. The summed E-state index contributed by atoms with van der Waals surface area (Å²) in [6.07, 6.45) is 0. The molecule has 1 aromatic carbocycles. The van der Waals surface area contributed by atoms with Crippen molar-refractivity contribution in [3.8, 4) is 0 Å². The first-order valence-corrected chi connectivity index (χ1v) is 4.18. The van der Waals surface area contributed by atoms with Crippen molar-refractivity contribution < 1.29 is 8.76 Å². The summed E-state index contributed by atoms with van der Waals surface area (Å²) in [5.41, 5.74) is 3.59. The van der Waals surface area contributed by atoms with E-state index in [1.807, 2.05) is 0 Å². The Balaban J connectivity index is 2.92. The predicted octanol–water partition coefficient (Wildman–Crippen LogP) is 1.22. The van der Waals surface area contributed by atoms with Crippen molar-refractivity contribution in [3.05, 3.63) is 24.3 Å². The van der Waals surface area contributed by atoms with Crippen LogP contribution in [0.5, 0.6) is 0 Å². The molecule has 0 saturated carbocycles.